The van der Waals surface area contributed by atoms with Gasteiger partial charge in [-0.3, -0.25) is 4.90 Å². The second kappa shape index (κ2) is 8.84. The number of rotatable bonds is 8. The van der Waals surface area contributed by atoms with Crippen LogP contribution in [0, 0.1) is 6.92 Å². The molecule has 0 spiro atoms. The average Bonchev–Trinajstić information content (AvgIpc) is 3.06. The first-order chi connectivity index (χ1) is 13.0. The van der Waals surface area contributed by atoms with Gasteiger partial charge in [0, 0.05) is 25.7 Å². The van der Waals surface area contributed by atoms with E-state index in [0.717, 1.165) is 36.4 Å². The van der Waals surface area contributed by atoms with Gasteiger partial charge in [0.25, 0.3) is 0 Å². The maximum atomic E-state index is 12.7. The standard InChI is InChI=1S/C20H26N2O4S/c1-16-5-2-3-8-20(16)27(24,25)21-18-9-10-22(15-18)14-17-6-4-7-19(13-17)26-12-11-23/h2-8,13,18,21,23H,9-12,14-15H2,1H3/t18-/m0/s1. The van der Waals surface area contributed by atoms with Crippen LogP contribution in [0.25, 0.3) is 0 Å². The van der Waals surface area contributed by atoms with Gasteiger partial charge in [-0.2, -0.15) is 0 Å². The van der Waals surface area contributed by atoms with Crippen molar-refractivity contribution >= 4 is 10.0 Å². The smallest absolute Gasteiger partial charge is 0.241 e. The second-order valence-electron chi connectivity index (χ2n) is 6.83. The summed E-state index contributed by atoms with van der Waals surface area (Å²) < 4.78 is 33.6. The van der Waals surface area contributed by atoms with Crippen LogP contribution in [0.2, 0.25) is 0 Å². The molecule has 2 aromatic rings. The van der Waals surface area contributed by atoms with Gasteiger partial charge in [-0.1, -0.05) is 30.3 Å². The van der Waals surface area contributed by atoms with E-state index in [0.29, 0.717) is 11.4 Å². The Labute approximate surface area is 160 Å². The Morgan fingerprint density at radius 2 is 2.04 bits per heavy atom. The largest absolute Gasteiger partial charge is 0.491 e. The lowest BCUT2D eigenvalue weighted by molar-refractivity contribution is 0.201. The zero-order valence-corrected chi connectivity index (χ0v) is 16.3. The monoisotopic (exact) mass is 390 g/mol. The maximum Gasteiger partial charge on any atom is 0.241 e. The van der Waals surface area contributed by atoms with Crippen LogP contribution in [-0.4, -0.2) is 50.8 Å². The average molecular weight is 391 g/mol. The summed E-state index contributed by atoms with van der Waals surface area (Å²) in [6.45, 7) is 4.31. The van der Waals surface area contributed by atoms with E-state index < -0.39 is 10.0 Å². The van der Waals surface area contributed by atoms with Crippen molar-refractivity contribution in [1.82, 2.24) is 9.62 Å². The fraction of sp³-hybridized carbons (Fsp3) is 0.400. The predicted octanol–water partition coefficient (Wildman–Crippen LogP) is 1.92. The number of ether oxygens (including phenoxy) is 1. The van der Waals surface area contributed by atoms with E-state index in [1.807, 2.05) is 30.3 Å². The number of sulfonamides is 1. The van der Waals surface area contributed by atoms with Gasteiger partial charge in [0.05, 0.1) is 11.5 Å². The molecule has 2 aromatic carbocycles. The van der Waals surface area contributed by atoms with Crippen molar-refractivity contribution in [2.45, 2.75) is 30.8 Å². The van der Waals surface area contributed by atoms with Gasteiger partial charge in [0.1, 0.15) is 12.4 Å². The lowest BCUT2D eigenvalue weighted by Crippen LogP contribution is -2.37. The van der Waals surface area contributed by atoms with E-state index in [1.165, 1.54) is 0 Å². The molecule has 1 aliphatic rings. The number of nitrogens with one attached hydrogen (secondary N) is 1. The molecule has 0 radical (unpaired) electrons. The van der Waals surface area contributed by atoms with E-state index in [9.17, 15) is 8.42 Å². The topological polar surface area (TPSA) is 78.9 Å². The normalized spacial score (nSPS) is 17.9. The molecule has 6 nitrogen and oxygen atoms in total. The van der Waals surface area contributed by atoms with Crippen LogP contribution in [0.3, 0.4) is 0 Å². The molecule has 1 heterocycles. The molecule has 1 aliphatic heterocycles. The number of benzene rings is 2. The lowest BCUT2D eigenvalue weighted by Gasteiger charge is -2.18. The van der Waals surface area contributed by atoms with Crippen molar-refractivity contribution < 1.29 is 18.3 Å². The summed E-state index contributed by atoms with van der Waals surface area (Å²) in [7, 11) is -3.51. The number of hydrogen-bond acceptors (Lipinski definition) is 5. The van der Waals surface area contributed by atoms with E-state index in [2.05, 4.69) is 9.62 Å². The second-order valence-corrected chi connectivity index (χ2v) is 8.51. The van der Waals surface area contributed by atoms with Gasteiger partial charge in [0.2, 0.25) is 10.0 Å². The molecule has 1 atom stereocenters. The van der Waals surface area contributed by atoms with Crippen molar-refractivity contribution in [1.29, 1.82) is 0 Å². The molecule has 27 heavy (non-hydrogen) atoms. The minimum atomic E-state index is -3.51. The summed E-state index contributed by atoms with van der Waals surface area (Å²) in [5.74, 6) is 0.734. The first-order valence-electron chi connectivity index (χ1n) is 9.11. The highest BCUT2D eigenvalue weighted by atomic mass is 32.2. The third-order valence-corrected chi connectivity index (χ3v) is 6.32. The van der Waals surface area contributed by atoms with Crippen LogP contribution >= 0.6 is 0 Å². The van der Waals surface area contributed by atoms with E-state index in [1.54, 1.807) is 25.1 Å². The predicted molar refractivity (Wildman–Crippen MR) is 104 cm³/mol. The first-order valence-corrected chi connectivity index (χ1v) is 10.6. The summed E-state index contributed by atoms with van der Waals surface area (Å²) in [6, 6.07) is 14.7. The minimum Gasteiger partial charge on any atom is -0.491 e. The zero-order chi connectivity index (χ0) is 19.3. The minimum absolute atomic E-state index is 0.0148. The highest BCUT2D eigenvalue weighted by Crippen LogP contribution is 2.20. The highest BCUT2D eigenvalue weighted by Gasteiger charge is 2.27. The number of aliphatic hydroxyl groups excluding tert-OH is 1. The van der Waals surface area contributed by atoms with Crippen molar-refractivity contribution in [2.24, 2.45) is 0 Å². The Morgan fingerprint density at radius 1 is 1.22 bits per heavy atom. The summed E-state index contributed by atoms with van der Waals surface area (Å²) >= 11 is 0. The number of hydrogen-bond donors (Lipinski definition) is 2. The van der Waals surface area contributed by atoms with Crippen molar-refractivity contribution in [3.05, 3.63) is 59.7 Å². The van der Waals surface area contributed by atoms with Gasteiger partial charge in [0.15, 0.2) is 0 Å². The summed E-state index contributed by atoms with van der Waals surface area (Å²) in [5, 5.41) is 8.86. The molecule has 3 rings (SSSR count). The molecule has 146 valence electrons. The summed E-state index contributed by atoms with van der Waals surface area (Å²) in [5.41, 5.74) is 1.85. The lowest BCUT2D eigenvalue weighted by atomic mass is 10.2. The number of aryl methyl sites for hydroxylation is 1. The van der Waals surface area contributed by atoms with E-state index >= 15 is 0 Å². The molecule has 0 unspecified atom stereocenters. The Morgan fingerprint density at radius 3 is 2.81 bits per heavy atom. The SMILES string of the molecule is Cc1ccccc1S(=O)(=O)N[C@H]1CCN(Cc2cccc(OCCO)c2)C1. The summed E-state index contributed by atoms with van der Waals surface area (Å²) in [6.07, 6.45) is 0.784. The Hall–Kier alpha value is -1.93. The van der Waals surface area contributed by atoms with Crippen LogP contribution < -0.4 is 9.46 Å². The maximum absolute atomic E-state index is 12.7. The molecule has 2 N–H and O–H groups in total. The van der Waals surface area contributed by atoms with E-state index in [4.69, 9.17) is 9.84 Å². The van der Waals surface area contributed by atoms with Gasteiger partial charge in [-0.25, -0.2) is 13.1 Å². The van der Waals surface area contributed by atoms with Crippen LogP contribution in [0.5, 0.6) is 5.75 Å². The van der Waals surface area contributed by atoms with E-state index in [-0.39, 0.29) is 19.3 Å². The fourth-order valence-electron chi connectivity index (χ4n) is 3.37. The number of aliphatic hydroxyl groups is 1. The molecule has 7 heteroatoms. The van der Waals surface area contributed by atoms with Gasteiger partial charge >= 0.3 is 0 Å². The number of nitrogens with zero attached hydrogens (tertiary/aromatic N) is 1. The van der Waals surface area contributed by atoms with Crippen LogP contribution in [0.1, 0.15) is 17.5 Å². The Bertz CT molecular complexity index is 870. The molecular weight excluding hydrogens is 364 g/mol. The molecule has 0 saturated carbocycles. The number of likely N-dealkylation sites (tertiary alicyclic amines) is 1. The van der Waals surface area contributed by atoms with Crippen LogP contribution in [-0.2, 0) is 16.6 Å². The van der Waals surface area contributed by atoms with Crippen LogP contribution in [0.15, 0.2) is 53.4 Å². The van der Waals surface area contributed by atoms with Gasteiger partial charge < -0.3 is 9.84 Å². The van der Waals surface area contributed by atoms with Gasteiger partial charge in [-0.05, 0) is 42.7 Å². The van der Waals surface area contributed by atoms with Crippen LogP contribution in [0.4, 0.5) is 0 Å². The van der Waals surface area contributed by atoms with Crippen molar-refractivity contribution in [3.8, 4) is 5.75 Å². The molecule has 1 saturated heterocycles. The Kier molecular flexibility index (Phi) is 6.49. The zero-order valence-electron chi connectivity index (χ0n) is 15.5. The Balaban J connectivity index is 1.58. The molecule has 0 bridgehead atoms. The molecule has 1 fully saturated rings. The molecule has 0 amide bonds. The first kappa shape index (κ1) is 19.8. The van der Waals surface area contributed by atoms with Gasteiger partial charge in [-0.15, -0.1) is 0 Å². The van der Waals surface area contributed by atoms with Crippen molar-refractivity contribution in [3.63, 3.8) is 0 Å². The van der Waals surface area contributed by atoms with Crippen molar-refractivity contribution in [2.75, 3.05) is 26.3 Å². The highest BCUT2D eigenvalue weighted by molar-refractivity contribution is 7.89. The fourth-order valence-corrected chi connectivity index (χ4v) is 4.88. The quantitative estimate of drug-likeness (QED) is 0.720. The third-order valence-electron chi connectivity index (χ3n) is 4.64. The summed E-state index contributed by atoms with van der Waals surface area (Å²) in [4.78, 5) is 2.58. The molecular formula is C20H26N2O4S. The molecule has 0 aromatic heterocycles. The molecule has 0 aliphatic carbocycles. The third kappa shape index (κ3) is 5.29.